The van der Waals surface area contributed by atoms with Gasteiger partial charge in [0.15, 0.2) is 0 Å². The highest BCUT2D eigenvalue weighted by atomic mass is 16.5. The van der Waals surface area contributed by atoms with E-state index in [0.29, 0.717) is 42.7 Å². The number of piperidine rings is 1. The maximum atomic E-state index is 13.7. The Kier molecular flexibility index (Phi) is 10.9. The minimum atomic E-state index is -0.717. The molecular weight excluding hydrogens is 500 g/mol. The number of nitrogens with zero attached hydrogens (tertiary/aromatic N) is 2. The lowest BCUT2D eigenvalue weighted by atomic mass is 9.84. The SMILES string of the molecule is COc1ccc(NC2CCN(C(=O)[C@H](NC(=O)[C@@H](CC3CCCC3)CN(O)C=O)C(C)(C)C)CC2)c(OC)c1. The molecule has 1 saturated carbocycles. The summed E-state index contributed by atoms with van der Waals surface area (Å²) in [5, 5.41) is 16.9. The lowest BCUT2D eigenvalue weighted by molar-refractivity contribution is -0.156. The summed E-state index contributed by atoms with van der Waals surface area (Å²) < 4.78 is 10.8. The van der Waals surface area contributed by atoms with Crippen LogP contribution in [0.5, 0.6) is 11.5 Å². The van der Waals surface area contributed by atoms with E-state index in [-0.39, 0.29) is 24.4 Å². The van der Waals surface area contributed by atoms with Crippen molar-refractivity contribution in [2.45, 2.75) is 77.8 Å². The Hall–Kier alpha value is -3.01. The predicted molar refractivity (Wildman–Crippen MR) is 149 cm³/mol. The first-order valence-corrected chi connectivity index (χ1v) is 14.0. The summed E-state index contributed by atoms with van der Waals surface area (Å²) in [5.41, 5.74) is 0.365. The van der Waals surface area contributed by atoms with E-state index >= 15 is 0 Å². The third-order valence-electron chi connectivity index (χ3n) is 7.97. The van der Waals surface area contributed by atoms with Crippen molar-refractivity contribution in [3.05, 3.63) is 18.2 Å². The Balaban J connectivity index is 1.63. The zero-order chi connectivity index (χ0) is 28.6. The summed E-state index contributed by atoms with van der Waals surface area (Å²) in [5.74, 6) is 0.838. The van der Waals surface area contributed by atoms with Crippen molar-refractivity contribution in [3.8, 4) is 11.5 Å². The number of methoxy groups -OCH3 is 2. The van der Waals surface area contributed by atoms with Crippen LogP contribution in [-0.4, -0.2) is 79.3 Å². The van der Waals surface area contributed by atoms with E-state index in [0.717, 1.165) is 50.0 Å². The van der Waals surface area contributed by atoms with Crippen LogP contribution >= 0.6 is 0 Å². The predicted octanol–water partition coefficient (Wildman–Crippen LogP) is 3.68. The first-order valence-electron chi connectivity index (χ1n) is 14.0. The van der Waals surface area contributed by atoms with E-state index in [1.165, 1.54) is 0 Å². The molecule has 3 rings (SSSR count). The molecule has 3 N–H and O–H groups in total. The summed E-state index contributed by atoms with van der Waals surface area (Å²) in [6.07, 6.45) is 6.79. The molecule has 3 amide bonds. The quantitative estimate of drug-likeness (QED) is 0.208. The third-order valence-corrected chi connectivity index (χ3v) is 7.97. The highest BCUT2D eigenvalue weighted by molar-refractivity contribution is 5.89. The first kappa shape index (κ1) is 30.5. The number of carbonyl (C=O) groups is 3. The Labute approximate surface area is 232 Å². The van der Waals surface area contributed by atoms with Gasteiger partial charge in [0, 0.05) is 25.2 Å². The molecule has 1 aliphatic heterocycles. The highest BCUT2D eigenvalue weighted by Crippen LogP contribution is 2.33. The van der Waals surface area contributed by atoms with Crippen LogP contribution in [0.15, 0.2) is 18.2 Å². The van der Waals surface area contributed by atoms with Crippen molar-refractivity contribution >= 4 is 23.9 Å². The number of benzene rings is 1. The monoisotopic (exact) mass is 546 g/mol. The molecule has 0 unspecified atom stereocenters. The van der Waals surface area contributed by atoms with Gasteiger partial charge in [-0.3, -0.25) is 19.6 Å². The fraction of sp³-hybridized carbons (Fsp3) is 0.690. The van der Waals surface area contributed by atoms with Crippen molar-refractivity contribution in [2.24, 2.45) is 17.3 Å². The number of ether oxygens (including phenoxy) is 2. The van der Waals surface area contributed by atoms with Gasteiger partial charge >= 0.3 is 0 Å². The lowest BCUT2D eigenvalue weighted by Crippen LogP contribution is -2.58. The molecule has 1 saturated heterocycles. The maximum absolute atomic E-state index is 13.7. The second-order valence-electron chi connectivity index (χ2n) is 11.9. The van der Waals surface area contributed by atoms with Crippen molar-refractivity contribution in [2.75, 3.05) is 39.2 Å². The zero-order valence-corrected chi connectivity index (χ0v) is 24.1. The summed E-state index contributed by atoms with van der Waals surface area (Å²) in [6.45, 7) is 6.88. The second kappa shape index (κ2) is 13.9. The Morgan fingerprint density at radius 1 is 1.13 bits per heavy atom. The van der Waals surface area contributed by atoms with Crippen LogP contribution in [-0.2, 0) is 14.4 Å². The molecule has 0 bridgehead atoms. The van der Waals surface area contributed by atoms with Crippen molar-refractivity contribution < 1.29 is 29.1 Å². The Morgan fingerprint density at radius 2 is 1.79 bits per heavy atom. The maximum Gasteiger partial charge on any atom is 0.245 e. The topological polar surface area (TPSA) is 120 Å². The van der Waals surface area contributed by atoms with Crippen molar-refractivity contribution in [1.29, 1.82) is 0 Å². The molecule has 0 aromatic heterocycles. The number of amides is 3. The molecule has 2 aliphatic rings. The van der Waals surface area contributed by atoms with E-state index in [1.54, 1.807) is 14.2 Å². The van der Waals surface area contributed by atoms with Gasteiger partial charge in [0.05, 0.1) is 32.4 Å². The average Bonchev–Trinajstić information content (AvgIpc) is 3.44. The molecule has 0 radical (unpaired) electrons. The van der Waals surface area contributed by atoms with Gasteiger partial charge in [-0.1, -0.05) is 46.5 Å². The van der Waals surface area contributed by atoms with E-state index in [1.807, 2.05) is 43.9 Å². The molecule has 2 fully saturated rings. The second-order valence-corrected chi connectivity index (χ2v) is 11.9. The first-order chi connectivity index (χ1) is 18.5. The molecule has 1 aliphatic carbocycles. The summed E-state index contributed by atoms with van der Waals surface area (Å²) in [7, 11) is 3.24. The largest absolute Gasteiger partial charge is 0.497 e. The summed E-state index contributed by atoms with van der Waals surface area (Å²) in [6, 6.07) is 5.10. The van der Waals surface area contributed by atoms with Gasteiger partial charge in [-0.05, 0) is 42.7 Å². The Bertz CT molecular complexity index is 967. The summed E-state index contributed by atoms with van der Waals surface area (Å²) in [4.78, 5) is 40.0. The standard InChI is InChI=1S/C29H46N4O6/c1-29(2,3)26(31-27(35)21(18-33(37)19-34)16-20-8-6-7-9-20)28(36)32-14-12-22(13-15-32)30-24-11-10-23(38-4)17-25(24)39-5/h10-11,17,19-22,26,30,37H,6-9,12-16,18H2,1-5H3,(H,31,35)/t21-,26-/m0/s1. The van der Waals surface area contributed by atoms with Crippen LogP contribution in [0, 0.1) is 17.3 Å². The number of hydrogen-bond donors (Lipinski definition) is 3. The summed E-state index contributed by atoms with van der Waals surface area (Å²) >= 11 is 0. The van der Waals surface area contributed by atoms with Crippen molar-refractivity contribution in [1.82, 2.24) is 15.3 Å². The third kappa shape index (κ3) is 8.49. The number of anilines is 1. The number of hydroxylamine groups is 2. The molecule has 1 aromatic carbocycles. The smallest absolute Gasteiger partial charge is 0.245 e. The molecule has 10 heteroatoms. The molecule has 1 heterocycles. The fourth-order valence-corrected chi connectivity index (χ4v) is 5.65. The zero-order valence-electron chi connectivity index (χ0n) is 24.1. The van der Waals surface area contributed by atoms with Crippen LogP contribution in [0.4, 0.5) is 5.69 Å². The average molecular weight is 547 g/mol. The van der Waals surface area contributed by atoms with Gasteiger partial charge in [0.1, 0.15) is 17.5 Å². The minimum absolute atomic E-state index is 0.0806. The van der Waals surface area contributed by atoms with E-state index in [2.05, 4.69) is 10.6 Å². The molecular formula is C29H46N4O6. The van der Waals surface area contributed by atoms with E-state index < -0.39 is 17.4 Å². The molecule has 10 nitrogen and oxygen atoms in total. The van der Waals surface area contributed by atoms with E-state index in [9.17, 15) is 19.6 Å². The van der Waals surface area contributed by atoms with Crippen LogP contribution in [0.3, 0.4) is 0 Å². The van der Waals surface area contributed by atoms with Crippen LogP contribution in [0.25, 0.3) is 0 Å². The molecule has 218 valence electrons. The van der Waals surface area contributed by atoms with E-state index in [4.69, 9.17) is 9.47 Å². The van der Waals surface area contributed by atoms with Crippen LogP contribution in [0.2, 0.25) is 0 Å². The van der Waals surface area contributed by atoms with Gasteiger partial charge < -0.3 is 25.0 Å². The van der Waals surface area contributed by atoms with Gasteiger partial charge in [-0.15, -0.1) is 0 Å². The molecule has 39 heavy (non-hydrogen) atoms. The molecule has 2 atom stereocenters. The number of rotatable bonds is 12. The van der Waals surface area contributed by atoms with Gasteiger partial charge in [0.2, 0.25) is 18.2 Å². The van der Waals surface area contributed by atoms with Gasteiger partial charge in [0.25, 0.3) is 0 Å². The number of carbonyl (C=O) groups excluding carboxylic acids is 3. The minimum Gasteiger partial charge on any atom is -0.497 e. The Morgan fingerprint density at radius 3 is 2.36 bits per heavy atom. The normalized spacial score (nSPS) is 18.3. The van der Waals surface area contributed by atoms with Crippen LogP contribution < -0.4 is 20.1 Å². The number of nitrogens with one attached hydrogen (secondary N) is 2. The van der Waals surface area contributed by atoms with Crippen molar-refractivity contribution in [3.63, 3.8) is 0 Å². The molecule has 1 aromatic rings. The fourth-order valence-electron chi connectivity index (χ4n) is 5.65. The van der Waals surface area contributed by atoms with Crippen LogP contribution in [0.1, 0.15) is 65.7 Å². The lowest BCUT2D eigenvalue weighted by Gasteiger charge is -2.39. The van der Waals surface area contributed by atoms with Gasteiger partial charge in [-0.2, -0.15) is 0 Å². The number of hydrogen-bond acceptors (Lipinski definition) is 7. The highest BCUT2D eigenvalue weighted by Gasteiger charge is 2.39. The van der Waals surface area contributed by atoms with Gasteiger partial charge in [-0.25, -0.2) is 5.06 Å². The molecule has 0 spiro atoms. The number of likely N-dealkylation sites (tertiary alicyclic amines) is 1.